The van der Waals surface area contributed by atoms with Crippen LogP contribution in [0.1, 0.15) is 89.7 Å². The second-order valence-corrected chi connectivity index (χ2v) is 14.0. The average Bonchev–Trinajstić information content (AvgIpc) is 3.26. The van der Waals surface area contributed by atoms with Crippen molar-refractivity contribution >= 4 is 11.4 Å². The van der Waals surface area contributed by atoms with Crippen molar-refractivity contribution in [2.45, 2.75) is 90.3 Å². The molecule has 0 aromatic heterocycles. The number of carbonyl (C=O) groups excluding carboxylic acids is 1. The van der Waals surface area contributed by atoms with Crippen LogP contribution in [-0.2, 0) is 9.53 Å². The van der Waals surface area contributed by atoms with E-state index in [0.29, 0.717) is 41.5 Å². The maximum absolute atomic E-state index is 14.4. The molecule has 2 heterocycles. The predicted molar refractivity (Wildman–Crippen MR) is 153 cm³/mol. The molecule has 4 bridgehead atoms. The lowest BCUT2D eigenvalue weighted by Crippen LogP contribution is -2.75. The van der Waals surface area contributed by atoms with E-state index in [9.17, 15) is 4.79 Å². The molecule has 0 radical (unpaired) electrons. The molecule has 1 spiro atoms. The largest absolute Gasteiger partial charge is 0.363 e. The first-order chi connectivity index (χ1) is 18.4. The molecule has 6 fully saturated rings. The van der Waals surface area contributed by atoms with Crippen LogP contribution in [0, 0.1) is 40.4 Å². The van der Waals surface area contributed by atoms with Crippen LogP contribution in [0.3, 0.4) is 0 Å². The molecule has 200 valence electrons. The van der Waals surface area contributed by atoms with Crippen LogP contribution >= 0.6 is 0 Å². The maximum atomic E-state index is 14.4. The summed E-state index contributed by atoms with van der Waals surface area (Å²) in [6, 6.07) is 21.6. The monoisotopic (exact) mass is 508 g/mol. The van der Waals surface area contributed by atoms with Gasteiger partial charge in [-0.2, -0.15) is 0 Å². The van der Waals surface area contributed by atoms with E-state index in [2.05, 4.69) is 87.5 Å². The van der Waals surface area contributed by atoms with Gasteiger partial charge in [0.05, 0.1) is 6.10 Å². The third-order valence-electron chi connectivity index (χ3n) is 12.5. The zero-order valence-electron chi connectivity index (χ0n) is 23.5. The Morgan fingerprint density at radius 3 is 2.26 bits per heavy atom. The van der Waals surface area contributed by atoms with Gasteiger partial charge < -0.3 is 4.74 Å². The van der Waals surface area contributed by atoms with Crippen LogP contribution in [0.5, 0.6) is 0 Å². The first kappa shape index (κ1) is 24.8. The molecule has 2 heteroatoms. The number of benzene rings is 2. The number of rotatable bonds is 5. The normalized spacial score (nSPS) is 41.8. The molecule has 8 rings (SSSR count). The number of hydrogen-bond acceptors (Lipinski definition) is 2. The van der Waals surface area contributed by atoms with Crippen LogP contribution in [-0.4, -0.2) is 17.5 Å². The molecular weight excluding hydrogens is 464 g/mol. The minimum Gasteiger partial charge on any atom is -0.363 e. The van der Waals surface area contributed by atoms with E-state index in [0.717, 1.165) is 19.3 Å². The molecule has 4 aliphatic carbocycles. The Labute approximate surface area is 229 Å². The van der Waals surface area contributed by atoms with Crippen molar-refractivity contribution in [1.29, 1.82) is 0 Å². The summed E-state index contributed by atoms with van der Waals surface area (Å²) < 4.78 is 6.93. The Morgan fingerprint density at radius 1 is 0.921 bits per heavy atom. The highest BCUT2D eigenvalue weighted by molar-refractivity contribution is 5.91. The van der Waals surface area contributed by atoms with E-state index in [1.165, 1.54) is 55.2 Å². The highest BCUT2D eigenvalue weighted by Gasteiger charge is 2.74. The first-order valence-electron chi connectivity index (χ1n) is 15.4. The van der Waals surface area contributed by atoms with E-state index in [-0.39, 0.29) is 10.8 Å². The molecule has 4 saturated carbocycles. The number of Topliss-reactive ketones (excluding diaryl/α,β-unsaturated/α-hetero) is 1. The maximum Gasteiger partial charge on any atom is 0.166 e. The van der Waals surface area contributed by atoms with E-state index in [4.69, 9.17) is 4.74 Å². The fourth-order valence-electron chi connectivity index (χ4n) is 10.7. The minimum absolute atomic E-state index is 0.0653. The number of fused-ring (bicyclic) bond motifs is 3. The van der Waals surface area contributed by atoms with Crippen molar-refractivity contribution in [3.05, 3.63) is 77.9 Å². The van der Waals surface area contributed by atoms with Gasteiger partial charge in [0.2, 0.25) is 0 Å². The summed E-state index contributed by atoms with van der Waals surface area (Å²) in [6.07, 6.45) is 13.2. The van der Waals surface area contributed by atoms with Gasteiger partial charge in [0.25, 0.3) is 0 Å². The lowest BCUT2D eigenvalue weighted by Gasteiger charge is -2.70. The van der Waals surface area contributed by atoms with Crippen molar-refractivity contribution in [3.8, 4) is 0 Å². The molecule has 2 aromatic rings. The quantitative estimate of drug-likeness (QED) is 0.405. The minimum atomic E-state index is -0.479. The molecule has 9 atom stereocenters. The molecule has 0 amide bonds. The zero-order chi connectivity index (χ0) is 26.1. The lowest BCUT2D eigenvalue weighted by molar-refractivity contribution is -0.307. The molecule has 7 unspecified atom stereocenters. The summed E-state index contributed by atoms with van der Waals surface area (Å²) in [5.41, 5.74) is 3.58. The van der Waals surface area contributed by atoms with Gasteiger partial charge in [-0.05, 0) is 103 Å². The van der Waals surface area contributed by atoms with Gasteiger partial charge in [0, 0.05) is 11.8 Å². The van der Waals surface area contributed by atoms with Gasteiger partial charge in [0.1, 0.15) is 5.60 Å². The van der Waals surface area contributed by atoms with Crippen LogP contribution in [0.15, 0.2) is 66.7 Å². The van der Waals surface area contributed by atoms with Crippen molar-refractivity contribution < 1.29 is 9.53 Å². The summed E-state index contributed by atoms with van der Waals surface area (Å²) in [6.45, 7) is 7.38. The molecule has 2 aromatic carbocycles. The summed E-state index contributed by atoms with van der Waals surface area (Å²) in [7, 11) is 0. The topological polar surface area (TPSA) is 26.3 Å². The van der Waals surface area contributed by atoms with E-state index >= 15 is 0 Å². The highest BCUT2D eigenvalue weighted by Crippen LogP contribution is 2.72. The summed E-state index contributed by atoms with van der Waals surface area (Å²) >= 11 is 0. The molecule has 0 N–H and O–H groups in total. The predicted octanol–water partition coefficient (Wildman–Crippen LogP) is 8.50. The Balaban J connectivity index is 1.17. The van der Waals surface area contributed by atoms with Gasteiger partial charge in [-0.1, -0.05) is 87.5 Å². The number of ether oxygens (including phenoxy) is 1. The van der Waals surface area contributed by atoms with Crippen LogP contribution in [0.2, 0.25) is 0 Å². The number of ketones is 1. The second kappa shape index (κ2) is 8.91. The standard InChI is InChI=1S/C36H44O2/c1-24(14-16-29(25-10-6-4-7-11-25)26-12-8-5-9-13-26)30-18-19-31-32-17-15-27-22-28-20-21-35(27,3)36(32,38-28)33(37)23-34(30,31)2/h4-13,16,24,27-28,30-32H,14-15,17-23H2,1-3H3/t24?,27?,28-,30?,31?,32?,34?,35?,36+/m1/s1. The van der Waals surface area contributed by atoms with Crippen LogP contribution in [0.4, 0.5) is 0 Å². The first-order valence-corrected chi connectivity index (χ1v) is 15.4. The fraction of sp³-hybridized carbons (Fsp3) is 0.583. The van der Waals surface area contributed by atoms with Gasteiger partial charge in [-0.15, -0.1) is 0 Å². The van der Waals surface area contributed by atoms with E-state index < -0.39 is 5.60 Å². The molecule has 2 nitrogen and oxygen atoms in total. The number of hydrogen-bond donors (Lipinski definition) is 0. The fourth-order valence-corrected chi connectivity index (χ4v) is 10.7. The molecule has 6 aliphatic rings. The summed E-state index contributed by atoms with van der Waals surface area (Å²) in [5.74, 6) is 3.34. The molecule has 38 heavy (non-hydrogen) atoms. The second-order valence-electron chi connectivity index (χ2n) is 14.0. The summed E-state index contributed by atoms with van der Waals surface area (Å²) in [4.78, 5) is 14.4. The van der Waals surface area contributed by atoms with Crippen LogP contribution in [0.25, 0.3) is 5.57 Å². The van der Waals surface area contributed by atoms with Gasteiger partial charge in [-0.3, -0.25) is 4.79 Å². The Bertz CT molecular complexity index is 1190. The molecular formula is C36H44O2. The van der Waals surface area contributed by atoms with Crippen molar-refractivity contribution in [3.63, 3.8) is 0 Å². The van der Waals surface area contributed by atoms with E-state index in [1.54, 1.807) is 0 Å². The Morgan fingerprint density at radius 2 is 1.58 bits per heavy atom. The smallest absolute Gasteiger partial charge is 0.166 e. The van der Waals surface area contributed by atoms with Crippen molar-refractivity contribution in [2.24, 2.45) is 40.4 Å². The molecule has 2 aliphatic heterocycles. The third kappa shape index (κ3) is 3.38. The van der Waals surface area contributed by atoms with Crippen LogP contribution < -0.4 is 0 Å². The zero-order valence-corrected chi connectivity index (χ0v) is 23.5. The Hall–Kier alpha value is -2.19. The van der Waals surface area contributed by atoms with E-state index in [1.807, 2.05) is 0 Å². The van der Waals surface area contributed by atoms with Gasteiger partial charge >= 0.3 is 0 Å². The Kier molecular flexibility index (Phi) is 5.82. The van der Waals surface area contributed by atoms with Crippen molar-refractivity contribution in [1.82, 2.24) is 0 Å². The SMILES string of the molecule is CC(CC=C(c1ccccc1)c1ccccc1)C1CCC2C3CCC4C[C@H]5CCC4(C)[C@@]3(O5)C(=O)CC12C. The highest BCUT2D eigenvalue weighted by atomic mass is 16.5. The third-order valence-corrected chi connectivity index (χ3v) is 12.5. The van der Waals surface area contributed by atoms with Gasteiger partial charge in [-0.25, -0.2) is 0 Å². The number of carbonyl (C=O) groups is 1. The molecule has 2 saturated heterocycles. The van der Waals surface area contributed by atoms with Gasteiger partial charge in [0.15, 0.2) is 5.78 Å². The lowest BCUT2D eigenvalue weighted by atomic mass is 9.40. The summed E-state index contributed by atoms with van der Waals surface area (Å²) in [5, 5.41) is 0. The number of allylic oxidation sites excluding steroid dienone is 1. The van der Waals surface area contributed by atoms with Crippen molar-refractivity contribution in [2.75, 3.05) is 0 Å². The average molecular weight is 509 g/mol.